The first-order valence-electron chi connectivity index (χ1n) is 4.23. The van der Waals surface area contributed by atoms with E-state index in [9.17, 15) is 0 Å². The predicted octanol–water partition coefficient (Wildman–Crippen LogP) is 2.05. The van der Waals surface area contributed by atoms with E-state index in [0.29, 0.717) is 0 Å². The Morgan fingerprint density at radius 3 is 3.15 bits per heavy atom. The first kappa shape index (κ1) is 9.19. The highest BCUT2D eigenvalue weighted by Gasteiger charge is 2.13. The van der Waals surface area contributed by atoms with Gasteiger partial charge in [-0.05, 0) is 12.5 Å². The number of rotatable bonds is 1. The smallest absolute Gasteiger partial charge is 0.0901 e. The van der Waals surface area contributed by atoms with Gasteiger partial charge in [0.15, 0.2) is 0 Å². The highest BCUT2D eigenvalue weighted by atomic mass is 35.5. The SMILES string of the molecule is Cc1nc(C2=CC(Cl)CNC2)cs1. The second kappa shape index (κ2) is 3.78. The first-order valence-corrected chi connectivity index (χ1v) is 5.55. The van der Waals surface area contributed by atoms with Crippen molar-refractivity contribution >= 4 is 28.5 Å². The van der Waals surface area contributed by atoms with Gasteiger partial charge < -0.3 is 5.32 Å². The highest BCUT2D eigenvalue weighted by Crippen LogP contribution is 2.20. The number of thiazole rings is 1. The number of nitrogens with one attached hydrogen (secondary N) is 1. The van der Waals surface area contributed by atoms with Crippen molar-refractivity contribution in [1.29, 1.82) is 0 Å². The van der Waals surface area contributed by atoms with Crippen LogP contribution in [0.5, 0.6) is 0 Å². The molecule has 1 N–H and O–H groups in total. The number of hydrogen-bond donors (Lipinski definition) is 1. The minimum atomic E-state index is 0.103. The van der Waals surface area contributed by atoms with Crippen molar-refractivity contribution in [1.82, 2.24) is 10.3 Å². The van der Waals surface area contributed by atoms with Gasteiger partial charge in [-0.1, -0.05) is 6.08 Å². The summed E-state index contributed by atoms with van der Waals surface area (Å²) in [5.74, 6) is 0. The van der Waals surface area contributed by atoms with E-state index in [0.717, 1.165) is 23.8 Å². The van der Waals surface area contributed by atoms with Crippen LogP contribution >= 0.6 is 22.9 Å². The van der Waals surface area contributed by atoms with E-state index in [2.05, 4.69) is 21.8 Å². The molecule has 0 bridgehead atoms. The van der Waals surface area contributed by atoms with Crippen molar-refractivity contribution in [3.63, 3.8) is 0 Å². The molecule has 0 radical (unpaired) electrons. The van der Waals surface area contributed by atoms with Crippen LogP contribution in [0.25, 0.3) is 5.57 Å². The maximum atomic E-state index is 6.00. The summed E-state index contributed by atoms with van der Waals surface area (Å²) >= 11 is 7.68. The van der Waals surface area contributed by atoms with Crippen LogP contribution in [0.2, 0.25) is 0 Å². The molecule has 1 atom stereocenters. The van der Waals surface area contributed by atoms with E-state index in [-0.39, 0.29) is 5.38 Å². The van der Waals surface area contributed by atoms with E-state index in [1.54, 1.807) is 11.3 Å². The van der Waals surface area contributed by atoms with Crippen molar-refractivity contribution in [2.45, 2.75) is 12.3 Å². The second-order valence-corrected chi connectivity index (χ2v) is 4.71. The van der Waals surface area contributed by atoms with Crippen molar-refractivity contribution in [2.24, 2.45) is 0 Å². The summed E-state index contributed by atoms with van der Waals surface area (Å²) in [5, 5.41) is 6.54. The monoisotopic (exact) mass is 214 g/mol. The molecule has 1 unspecified atom stereocenters. The van der Waals surface area contributed by atoms with Crippen LogP contribution in [-0.2, 0) is 0 Å². The Hall–Kier alpha value is -0.380. The summed E-state index contributed by atoms with van der Waals surface area (Å²) in [6.07, 6.45) is 2.09. The molecular formula is C9H11ClN2S. The summed E-state index contributed by atoms with van der Waals surface area (Å²) < 4.78 is 0. The van der Waals surface area contributed by atoms with Gasteiger partial charge in [0, 0.05) is 18.5 Å². The first-order chi connectivity index (χ1) is 6.25. The van der Waals surface area contributed by atoms with Crippen LogP contribution in [0, 0.1) is 6.92 Å². The summed E-state index contributed by atoms with van der Waals surface area (Å²) in [6.45, 7) is 3.75. The Labute approximate surface area is 86.6 Å². The summed E-state index contributed by atoms with van der Waals surface area (Å²) in [6, 6.07) is 0. The fourth-order valence-electron chi connectivity index (χ4n) is 1.37. The molecule has 1 aromatic heterocycles. The molecule has 2 heterocycles. The van der Waals surface area contributed by atoms with Crippen LogP contribution in [0.15, 0.2) is 11.5 Å². The summed E-state index contributed by atoms with van der Waals surface area (Å²) in [7, 11) is 0. The molecule has 1 aliphatic heterocycles. The molecule has 0 spiro atoms. The van der Waals surface area contributed by atoms with Gasteiger partial charge in [-0.15, -0.1) is 22.9 Å². The number of halogens is 1. The maximum Gasteiger partial charge on any atom is 0.0901 e. The minimum absolute atomic E-state index is 0.103. The molecule has 0 aliphatic carbocycles. The van der Waals surface area contributed by atoms with Gasteiger partial charge in [-0.2, -0.15) is 0 Å². The maximum absolute atomic E-state index is 6.00. The van der Waals surface area contributed by atoms with E-state index >= 15 is 0 Å². The highest BCUT2D eigenvalue weighted by molar-refractivity contribution is 7.09. The lowest BCUT2D eigenvalue weighted by atomic mass is 10.1. The number of alkyl halides is 1. The van der Waals surface area contributed by atoms with E-state index in [1.165, 1.54) is 5.57 Å². The van der Waals surface area contributed by atoms with E-state index in [4.69, 9.17) is 11.6 Å². The predicted molar refractivity (Wildman–Crippen MR) is 57.3 cm³/mol. The standard InChI is InChI=1S/C9H11ClN2S/c1-6-12-9(5-13-6)7-2-8(10)4-11-3-7/h2,5,8,11H,3-4H2,1H3. The number of nitrogens with zero attached hydrogens (tertiary/aromatic N) is 1. The quantitative estimate of drug-likeness (QED) is 0.724. The lowest BCUT2D eigenvalue weighted by Gasteiger charge is -2.16. The summed E-state index contributed by atoms with van der Waals surface area (Å²) in [4.78, 5) is 4.42. The van der Waals surface area contributed by atoms with Crippen LogP contribution < -0.4 is 5.32 Å². The average Bonchev–Trinajstić information content (AvgIpc) is 2.52. The fraction of sp³-hybridized carbons (Fsp3) is 0.444. The molecule has 1 aromatic rings. The molecule has 2 rings (SSSR count). The van der Waals surface area contributed by atoms with Gasteiger partial charge in [0.05, 0.1) is 16.1 Å². The molecule has 0 fully saturated rings. The van der Waals surface area contributed by atoms with E-state index in [1.807, 2.05) is 6.92 Å². The molecule has 1 aliphatic rings. The van der Waals surface area contributed by atoms with Gasteiger partial charge in [0.25, 0.3) is 0 Å². The van der Waals surface area contributed by atoms with Gasteiger partial charge in [0.1, 0.15) is 0 Å². The third-order valence-corrected chi connectivity index (χ3v) is 3.04. The Kier molecular flexibility index (Phi) is 2.67. The van der Waals surface area contributed by atoms with Gasteiger partial charge in [-0.25, -0.2) is 4.98 Å². The molecule has 4 heteroatoms. The van der Waals surface area contributed by atoms with Crippen LogP contribution in [0.3, 0.4) is 0 Å². The lowest BCUT2D eigenvalue weighted by Crippen LogP contribution is -2.29. The van der Waals surface area contributed by atoms with Crippen LogP contribution in [-0.4, -0.2) is 23.5 Å². The molecule has 0 saturated heterocycles. The molecule has 70 valence electrons. The number of aromatic nitrogens is 1. The zero-order valence-electron chi connectivity index (χ0n) is 7.38. The zero-order chi connectivity index (χ0) is 9.26. The largest absolute Gasteiger partial charge is 0.311 e. The molecule has 0 aromatic carbocycles. The van der Waals surface area contributed by atoms with Crippen LogP contribution in [0.4, 0.5) is 0 Å². The normalized spacial score (nSPS) is 22.9. The Morgan fingerprint density at radius 1 is 1.69 bits per heavy atom. The minimum Gasteiger partial charge on any atom is -0.311 e. The fourth-order valence-corrected chi connectivity index (χ4v) is 2.27. The second-order valence-electron chi connectivity index (χ2n) is 3.09. The van der Waals surface area contributed by atoms with Gasteiger partial charge >= 0.3 is 0 Å². The average molecular weight is 215 g/mol. The zero-order valence-corrected chi connectivity index (χ0v) is 8.95. The molecule has 2 nitrogen and oxygen atoms in total. The Balaban J connectivity index is 2.25. The van der Waals surface area contributed by atoms with Crippen molar-refractivity contribution in [3.8, 4) is 0 Å². The third kappa shape index (κ3) is 2.10. The van der Waals surface area contributed by atoms with Crippen LogP contribution in [0.1, 0.15) is 10.7 Å². The van der Waals surface area contributed by atoms with Gasteiger partial charge in [0.2, 0.25) is 0 Å². The van der Waals surface area contributed by atoms with E-state index < -0.39 is 0 Å². The lowest BCUT2D eigenvalue weighted by molar-refractivity contribution is 0.742. The number of aryl methyl sites for hydroxylation is 1. The van der Waals surface area contributed by atoms with Crippen molar-refractivity contribution < 1.29 is 0 Å². The number of hydrogen-bond acceptors (Lipinski definition) is 3. The van der Waals surface area contributed by atoms with Gasteiger partial charge in [-0.3, -0.25) is 0 Å². The molecule has 0 saturated carbocycles. The van der Waals surface area contributed by atoms with Crippen molar-refractivity contribution in [3.05, 3.63) is 22.2 Å². The van der Waals surface area contributed by atoms with Crippen molar-refractivity contribution in [2.75, 3.05) is 13.1 Å². The molecule has 13 heavy (non-hydrogen) atoms. The molecule has 0 amide bonds. The third-order valence-electron chi connectivity index (χ3n) is 1.98. The Morgan fingerprint density at radius 2 is 2.54 bits per heavy atom. The summed E-state index contributed by atoms with van der Waals surface area (Å²) in [5.41, 5.74) is 2.29. The molecular weight excluding hydrogens is 204 g/mol. The Bertz CT molecular complexity index is 332. The topological polar surface area (TPSA) is 24.9 Å².